The molecule has 3 rings (SSSR count). The summed E-state index contributed by atoms with van der Waals surface area (Å²) in [5, 5.41) is 3.80. The van der Waals surface area contributed by atoms with Crippen molar-refractivity contribution >= 4 is 0 Å². The maximum Gasteiger partial charge on any atom is 0.0503 e. The highest BCUT2D eigenvalue weighted by atomic mass is 16.5. The topological polar surface area (TPSA) is 24.5 Å². The minimum atomic E-state index is 0.588. The van der Waals surface area contributed by atoms with Gasteiger partial charge in [-0.1, -0.05) is 12.8 Å². The second-order valence-electron chi connectivity index (χ2n) is 7.21. The minimum absolute atomic E-state index is 0.588. The molecule has 0 bridgehead atoms. The van der Waals surface area contributed by atoms with Crippen molar-refractivity contribution in [2.75, 3.05) is 39.9 Å². The van der Waals surface area contributed by atoms with E-state index in [2.05, 4.69) is 10.2 Å². The van der Waals surface area contributed by atoms with Gasteiger partial charge in [0.15, 0.2) is 0 Å². The van der Waals surface area contributed by atoms with Crippen LogP contribution in [-0.2, 0) is 4.74 Å². The summed E-state index contributed by atoms with van der Waals surface area (Å²) in [7, 11) is 1.83. The lowest BCUT2D eigenvalue weighted by Gasteiger charge is -2.34. The highest BCUT2D eigenvalue weighted by Crippen LogP contribution is 2.40. The molecule has 3 heteroatoms. The summed E-state index contributed by atoms with van der Waals surface area (Å²) in [4.78, 5) is 2.71. The van der Waals surface area contributed by atoms with E-state index >= 15 is 0 Å². The molecular weight excluding hydrogens is 236 g/mol. The van der Waals surface area contributed by atoms with Crippen LogP contribution in [0.15, 0.2) is 0 Å². The molecule has 2 aliphatic carbocycles. The summed E-state index contributed by atoms with van der Waals surface area (Å²) in [5.41, 5.74) is 0.588. The Morgan fingerprint density at radius 2 is 2.00 bits per heavy atom. The molecule has 3 nitrogen and oxygen atoms in total. The normalized spacial score (nSPS) is 31.1. The highest BCUT2D eigenvalue weighted by Gasteiger charge is 2.38. The van der Waals surface area contributed by atoms with Crippen LogP contribution in [0.1, 0.15) is 44.9 Å². The van der Waals surface area contributed by atoms with Gasteiger partial charge >= 0.3 is 0 Å². The quantitative estimate of drug-likeness (QED) is 0.765. The Morgan fingerprint density at radius 1 is 1.21 bits per heavy atom. The van der Waals surface area contributed by atoms with E-state index in [1.54, 1.807) is 0 Å². The van der Waals surface area contributed by atoms with Gasteiger partial charge in [0.25, 0.3) is 0 Å². The second-order valence-corrected chi connectivity index (χ2v) is 7.21. The molecule has 19 heavy (non-hydrogen) atoms. The van der Waals surface area contributed by atoms with Crippen LogP contribution in [0, 0.1) is 11.3 Å². The van der Waals surface area contributed by atoms with Crippen LogP contribution in [0.2, 0.25) is 0 Å². The van der Waals surface area contributed by atoms with E-state index in [1.807, 2.05) is 7.11 Å². The number of rotatable bonds is 7. The molecule has 0 spiro atoms. The Hall–Kier alpha value is -0.120. The molecule has 110 valence electrons. The Kier molecular flexibility index (Phi) is 4.45. The molecule has 1 N–H and O–H groups in total. The fraction of sp³-hybridized carbons (Fsp3) is 1.00. The average Bonchev–Trinajstić information content (AvgIpc) is 2.97. The van der Waals surface area contributed by atoms with E-state index in [-0.39, 0.29) is 0 Å². The molecular formula is C16H30N2O. The number of hydrogen-bond acceptors (Lipinski definition) is 3. The van der Waals surface area contributed by atoms with Gasteiger partial charge in [0.2, 0.25) is 0 Å². The predicted octanol–water partition coefficient (Wildman–Crippen LogP) is 2.27. The molecule has 1 atom stereocenters. The monoisotopic (exact) mass is 266 g/mol. The standard InChI is InChI=1S/C16H30N2O/c1-19-11-14-6-9-18(10-14)13-16(7-2-3-8-16)12-17-15-4-5-15/h14-15,17H,2-13H2,1H3. The molecule has 1 aliphatic heterocycles. The maximum absolute atomic E-state index is 5.32. The fourth-order valence-corrected chi connectivity index (χ4v) is 4.07. The minimum Gasteiger partial charge on any atom is -0.384 e. The molecule has 0 radical (unpaired) electrons. The number of methoxy groups -OCH3 is 1. The first-order valence-corrected chi connectivity index (χ1v) is 8.24. The highest BCUT2D eigenvalue weighted by molar-refractivity contribution is 4.93. The third kappa shape index (κ3) is 3.71. The van der Waals surface area contributed by atoms with Gasteiger partial charge in [-0.2, -0.15) is 0 Å². The summed E-state index contributed by atoms with van der Waals surface area (Å²) in [6, 6.07) is 0.859. The Balaban J connectivity index is 1.49. The molecule has 0 aromatic rings. The van der Waals surface area contributed by atoms with Crippen LogP contribution in [0.25, 0.3) is 0 Å². The molecule has 1 saturated heterocycles. The number of likely N-dealkylation sites (tertiary alicyclic amines) is 1. The second kappa shape index (κ2) is 6.11. The van der Waals surface area contributed by atoms with Gasteiger partial charge < -0.3 is 15.0 Å². The van der Waals surface area contributed by atoms with E-state index in [4.69, 9.17) is 4.74 Å². The largest absolute Gasteiger partial charge is 0.384 e. The zero-order chi connectivity index (χ0) is 13.1. The first-order chi connectivity index (χ1) is 9.30. The van der Waals surface area contributed by atoms with Crippen LogP contribution in [0.5, 0.6) is 0 Å². The zero-order valence-electron chi connectivity index (χ0n) is 12.5. The van der Waals surface area contributed by atoms with Crippen molar-refractivity contribution in [2.45, 2.75) is 51.0 Å². The first-order valence-electron chi connectivity index (χ1n) is 8.24. The molecule has 1 heterocycles. The van der Waals surface area contributed by atoms with Crippen LogP contribution in [-0.4, -0.2) is 50.8 Å². The van der Waals surface area contributed by atoms with Crippen LogP contribution >= 0.6 is 0 Å². The van der Waals surface area contributed by atoms with Gasteiger partial charge in [-0.25, -0.2) is 0 Å². The third-order valence-electron chi connectivity index (χ3n) is 5.34. The Bertz CT molecular complexity index is 284. The van der Waals surface area contributed by atoms with Gasteiger partial charge in [0, 0.05) is 32.8 Å². The molecule has 3 aliphatic rings. The van der Waals surface area contributed by atoms with Crippen molar-refractivity contribution in [2.24, 2.45) is 11.3 Å². The van der Waals surface area contributed by atoms with E-state index in [1.165, 1.54) is 71.1 Å². The van der Waals surface area contributed by atoms with Gasteiger partial charge in [0.1, 0.15) is 0 Å². The zero-order valence-corrected chi connectivity index (χ0v) is 12.5. The number of ether oxygens (including phenoxy) is 1. The van der Waals surface area contributed by atoms with E-state index in [0.717, 1.165) is 18.6 Å². The average molecular weight is 266 g/mol. The summed E-state index contributed by atoms with van der Waals surface area (Å²) in [6.07, 6.45) is 9.94. The summed E-state index contributed by atoms with van der Waals surface area (Å²) in [5.74, 6) is 0.778. The van der Waals surface area contributed by atoms with Crippen LogP contribution in [0.3, 0.4) is 0 Å². The number of nitrogens with zero attached hydrogens (tertiary/aromatic N) is 1. The van der Waals surface area contributed by atoms with Crippen molar-refractivity contribution in [3.8, 4) is 0 Å². The molecule has 2 saturated carbocycles. The van der Waals surface area contributed by atoms with Crippen molar-refractivity contribution in [3.05, 3.63) is 0 Å². The Labute approximate surface area is 118 Å². The number of nitrogens with one attached hydrogen (secondary N) is 1. The smallest absolute Gasteiger partial charge is 0.0503 e. The molecule has 3 fully saturated rings. The van der Waals surface area contributed by atoms with Gasteiger partial charge in [-0.05, 0) is 50.0 Å². The van der Waals surface area contributed by atoms with Crippen molar-refractivity contribution in [1.29, 1.82) is 0 Å². The van der Waals surface area contributed by atoms with Crippen LogP contribution in [0.4, 0.5) is 0 Å². The van der Waals surface area contributed by atoms with Crippen LogP contribution < -0.4 is 5.32 Å². The van der Waals surface area contributed by atoms with Gasteiger partial charge in [-0.15, -0.1) is 0 Å². The van der Waals surface area contributed by atoms with Crippen molar-refractivity contribution < 1.29 is 4.74 Å². The summed E-state index contributed by atoms with van der Waals surface area (Å²) < 4.78 is 5.32. The Morgan fingerprint density at radius 3 is 2.68 bits per heavy atom. The predicted molar refractivity (Wildman–Crippen MR) is 78.3 cm³/mol. The van der Waals surface area contributed by atoms with E-state index < -0.39 is 0 Å². The lowest BCUT2D eigenvalue weighted by Crippen LogP contribution is -2.42. The summed E-state index contributed by atoms with van der Waals surface area (Å²) in [6.45, 7) is 6.10. The third-order valence-corrected chi connectivity index (χ3v) is 5.34. The molecule has 0 aromatic heterocycles. The first kappa shape index (κ1) is 13.8. The SMILES string of the molecule is COCC1CCN(CC2(CNC3CC3)CCCC2)C1. The lowest BCUT2D eigenvalue weighted by molar-refractivity contribution is 0.137. The summed E-state index contributed by atoms with van der Waals surface area (Å²) >= 11 is 0. The van der Waals surface area contributed by atoms with Gasteiger partial charge in [0.05, 0.1) is 6.61 Å². The van der Waals surface area contributed by atoms with E-state index in [9.17, 15) is 0 Å². The maximum atomic E-state index is 5.32. The number of hydrogen-bond donors (Lipinski definition) is 1. The molecule has 1 unspecified atom stereocenters. The van der Waals surface area contributed by atoms with Crippen molar-refractivity contribution in [3.63, 3.8) is 0 Å². The van der Waals surface area contributed by atoms with E-state index in [0.29, 0.717) is 5.41 Å². The molecule has 0 amide bonds. The van der Waals surface area contributed by atoms with Gasteiger partial charge in [-0.3, -0.25) is 0 Å². The lowest BCUT2D eigenvalue weighted by atomic mass is 9.85. The fourth-order valence-electron chi connectivity index (χ4n) is 4.07. The van der Waals surface area contributed by atoms with Crippen molar-refractivity contribution in [1.82, 2.24) is 10.2 Å². The molecule has 0 aromatic carbocycles.